The van der Waals surface area contributed by atoms with Gasteiger partial charge in [0.1, 0.15) is 0 Å². The third-order valence-corrected chi connectivity index (χ3v) is 4.52. The Morgan fingerprint density at radius 2 is 2.09 bits per heavy atom. The van der Waals surface area contributed by atoms with Crippen LogP contribution in [0.15, 0.2) is 0 Å². The highest BCUT2D eigenvalue weighted by Crippen LogP contribution is 2.20. The molecule has 0 aromatic carbocycles. The predicted molar refractivity (Wildman–Crippen MR) is 79.5 cm³/mol. The number of hydrogen-bond donors (Lipinski definition) is 2. The van der Waals surface area contributed by atoms with Crippen LogP contribution in [0.3, 0.4) is 0 Å². The number of carbonyl (C=O) groups excluding carboxylic acids is 1. The normalized spacial score (nSPS) is 29.0. The molecule has 0 unspecified atom stereocenters. The first-order chi connectivity index (χ1) is 10.5. The SMILES string of the molecule is CN(CC(=O)O)[C@H]1CN(C(=O)CC[C@@H]2CCCCO2)C[C@H]1O. The molecule has 0 aliphatic carbocycles. The zero-order chi connectivity index (χ0) is 16.1. The van der Waals surface area contributed by atoms with Crippen molar-refractivity contribution < 1.29 is 24.5 Å². The summed E-state index contributed by atoms with van der Waals surface area (Å²) in [6, 6.07) is -0.314. The molecule has 7 heteroatoms. The maximum Gasteiger partial charge on any atom is 0.317 e. The molecule has 0 radical (unpaired) electrons. The Morgan fingerprint density at radius 3 is 2.73 bits per heavy atom. The minimum atomic E-state index is -0.936. The Labute approximate surface area is 130 Å². The number of likely N-dealkylation sites (N-methyl/N-ethyl adjacent to an activating group) is 1. The Bertz CT molecular complexity index is 397. The van der Waals surface area contributed by atoms with Crippen LogP contribution in [0.5, 0.6) is 0 Å². The lowest BCUT2D eigenvalue weighted by Gasteiger charge is -2.25. The van der Waals surface area contributed by atoms with Gasteiger partial charge in [0.2, 0.25) is 5.91 Å². The monoisotopic (exact) mass is 314 g/mol. The van der Waals surface area contributed by atoms with Crippen molar-refractivity contribution in [3.8, 4) is 0 Å². The van der Waals surface area contributed by atoms with Crippen LogP contribution in [0.2, 0.25) is 0 Å². The van der Waals surface area contributed by atoms with Crippen molar-refractivity contribution in [2.24, 2.45) is 0 Å². The summed E-state index contributed by atoms with van der Waals surface area (Å²) in [5, 5.41) is 18.9. The van der Waals surface area contributed by atoms with E-state index in [1.807, 2.05) is 0 Å². The van der Waals surface area contributed by atoms with Crippen molar-refractivity contribution >= 4 is 11.9 Å². The third-order valence-electron chi connectivity index (χ3n) is 4.52. The lowest BCUT2D eigenvalue weighted by molar-refractivity contribution is -0.138. The second kappa shape index (κ2) is 7.89. The summed E-state index contributed by atoms with van der Waals surface area (Å²) in [7, 11) is 1.66. The van der Waals surface area contributed by atoms with Crippen molar-refractivity contribution in [2.45, 2.75) is 50.4 Å². The second-order valence-electron chi connectivity index (χ2n) is 6.27. The lowest BCUT2D eigenvalue weighted by Crippen LogP contribution is -2.43. The predicted octanol–water partition coefficient (Wildman–Crippen LogP) is -0.0762. The quantitative estimate of drug-likeness (QED) is 0.713. The Balaban J connectivity index is 1.77. The maximum atomic E-state index is 12.2. The van der Waals surface area contributed by atoms with E-state index in [4.69, 9.17) is 9.84 Å². The Morgan fingerprint density at radius 1 is 1.32 bits per heavy atom. The molecule has 0 aromatic rings. The number of amides is 1. The molecular weight excluding hydrogens is 288 g/mol. The zero-order valence-electron chi connectivity index (χ0n) is 13.1. The van der Waals surface area contributed by atoms with E-state index in [0.717, 1.165) is 32.3 Å². The van der Waals surface area contributed by atoms with Crippen LogP contribution in [-0.2, 0) is 14.3 Å². The molecule has 2 N–H and O–H groups in total. The molecule has 7 nitrogen and oxygen atoms in total. The molecular formula is C15H26N2O5. The van der Waals surface area contributed by atoms with Crippen molar-refractivity contribution in [3.63, 3.8) is 0 Å². The van der Waals surface area contributed by atoms with Gasteiger partial charge in [-0.05, 0) is 32.7 Å². The summed E-state index contributed by atoms with van der Waals surface area (Å²) in [5.41, 5.74) is 0. The Hall–Kier alpha value is -1.18. The average Bonchev–Trinajstić information content (AvgIpc) is 2.87. The lowest BCUT2D eigenvalue weighted by atomic mass is 10.0. The summed E-state index contributed by atoms with van der Waals surface area (Å²) in [6.07, 6.45) is 3.90. The molecule has 0 saturated carbocycles. The first-order valence-corrected chi connectivity index (χ1v) is 7.97. The van der Waals surface area contributed by atoms with Crippen LogP contribution in [0.1, 0.15) is 32.1 Å². The highest BCUT2D eigenvalue weighted by atomic mass is 16.5. The van der Waals surface area contributed by atoms with E-state index in [1.165, 1.54) is 0 Å². The fourth-order valence-electron chi connectivity index (χ4n) is 3.21. The van der Waals surface area contributed by atoms with E-state index in [9.17, 15) is 14.7 Å². The van der Waals surface area contributed by atoms with E-state index in [0.29, 0.717) is 13.0 Å². The van der Waals surface area contributed by atoms with Crippen molar-refractivity contribution in [1.82, 2.24) is 9.80 Å². The molecule has 0 bridgehead atoms. The molecule has 3 atom stereocenters. The number of aliphatic hydroxyl groups excluding tert-OH is 1. The molecule has 2 aliphatic rings. The van der Waals surface area contributed by atoms with Crippen LogP contribution >= 0.6 is 0 Å². The summed E-state index contributed by atoms with van der Waals surface area (Å²) in [4.78, 5) is 26.2. The van der Waals surface area contributed by atoms with Crippen molar-refractivity contribution in [2.75, 3.05) is 33.3 Å². The van der Waals surface area contributed by atoms with Gasteiger partial charge in [-0.2, -0.15) is 0 Å². The molecule has 2 saturated heterocycles. The number of carboxylic acids is 1. The second-order valence-corrected chi connectivity index (χ2v) is 6.27. The molecule has 2 rings (SSSR count). The fraction of sp³-hybridized carbons (Fsp3) is 0.867. The first-order valence-electron chi connectivity index (χ1n) is 7.97. The van der Waals surface area contributed by atoms with Gasteiger partial charge < -0.3 is 19.8 Å². The number of β-amino-alcohol motifs (C(OH)–C–C–N with tert-alkyl or cyclic N) is 1. The van der Waals surface area contributed by atoms with Crippen LogP contribution < -0.4 is 0 Å². The zero-order valence-corrected chi connectivity index (χ0v) is 13.1. The number of carboxylic acid groups (broad SMARTS) is 1. The molecule has 2 fully saturated rings. The number of rotatable bonds is 6. The molecule has 2 heterocycles. The van der Waals surface area contributed by atoms with Gasteiger partial charge in [-0.3, -0.25) is 14.5 Å². The number of carbonyl (C=O) groups is 2. The molecule has 0 spiro atoms. The summed E-state index contributed by atoms with van der Waals surface area (Å²) in [6.45, 7) is 1.30. The fourth-order valence-corrected chi connectivity index (χ4v) is 3.21. The number of hydrogen-bond acceptors (Lipinski definition) is 5. The minimum absolute atomic E-state index is 0.0134. The average molecular weight is 314 g/mol. The number of nitrogens with zero attached hydrogens (tertiary/aromatic N) is 2. The molecule has 2 aliphatic heterocycles. The van der Waals surface area contributed by atoms with Gasteiger partial charge in [0.05, 0.1) is 24.8 Å². The van der Waals surface area contributed by atoms with Crippen molar-refractivity contribution in [1.29, 1.82) is 0 Å². The number of likely N-dealkylation sites (tertiary alicyclic amines) is 1. The van der Waals surface area contributed by atoms with Crippen LogP contribution in [-0.4, -0.2) is 83.4 Å². The summed E-state index contributed by atoms with van der Waals surface area (Å²) in [5.74, 6) is -0.923. The van der Waals surface area contributed by atoms with Crippen LogP contribution in [0.25, 0.3) is 0 Å². The van der Waals surface area contributed by atoms with Crippen LogP contribution in [0, 0.1) is 0 Å². The Kier molecular flexibility index (Phi) is 6.16. The summed E-state index contributed by atoms with van der Waals surface area (Å²) >= 11 is 0. The van der Waals surface area contributed by atoms with Gasteiger partial charge in [-0.25, -0.2) is 0 Å². The molecule has 126 valence electrons. The van der Waals surface area contributed by atoms with Crippen LogP contribution in [0.4, 0.5) is 0 Å². The smallest absolute Gasteiger partial charge is 0.317 e. The molecule has 0 aromatic heterocycles. The van der Waals surface area contributed by atoms with E-state index in [-0.39, 0.29) is 31.1 Å². The van der Waals surface area contributed by atoms with Crippen molar-refractivity contribution in [3.05, 3.63) is 0 Å². The number of aliphatic carboxylic acids is 1. The van der Waals surface area contributed by atoms with E-state index in [2.05, 4.69) is 0 Å². The number of ether oxygens (including phenoxy) is 1. The highest BCUT2D eigenvalue weighted by molar-refractivity contribution is 5.76. The van der Waals surface area contributed by atoms with E-state index < -0.39 is 12.1 Å². The molecule has 22 heavy (non-hydrogen) atoms. The van der Waals surface area contributed by atoms with Gasteiger partial charge in [-0.15, -0.1) is 0 Å². The standard InChI is InChI=1S/C15H26N2O5/c1-16(10-15(20)21)12-8-17(9-13(12)18)14(19)6-5-11-4-2-3-7-22-11/h11-13,18H,2-10H2,1H3,(H,20,21)/t11-,12-,13+/m0/s1. The van der Waals surface area contributed by atoms with E-state index in [1.54, 1.807) is 16.8 Å². The number of aliphatic hydroxyl groups is 1. The van der Waals surface area contributed by atoms with Gasteiger partial charge in [0.15, 0.2) is 0 Å². The third kappa shape index (κ3) is 4.66. The van der Waals surface area contributed by atoms with Gasteiger partial charge >= 0.3 is 5.97 Å². The highest BCUT2D eigenvalue weighted by Gasteiger charge is 2.36. The first kappa shape index (κ1) is 17.2. The largest absolute Gasteiger partial charge is 0.480 e. The van der Waals surface area contributed by atoms with Gasteiger partial charge in [0.25, 0.3) is 0 Å². The maximum absolute atomic E-state index is 12.2. The topological polar surface area (TPSA) is 90.3 Å². The summed E-state index contributed by atoms with van der Waals surface area (Å²) < 4.78 is 5.62. The van der Waals surface area contributed by atoms with E-state index >= 15 is 0 Å². The molecule has 1 amide bonds. The van der Waals surface area contributed by atoms with Gasteiger partial charge in [0, 0.05) is 26.1 Å². The van der Waals surface area contributed by atoms with Gasteiger partial charge in [-0.1, -0.05) is 0 Å². The minimum Gasteiger partial charge on any atom is -0.480 e.